The topological polar surface area (TPSA) is 33.8 Å². The average Bonchev–Trinajstić information content (AvgIpc) is 2.48. The van der Waals surface area contributed by atoms with E-state index in [0.717, 1.165) is 15.2 Å². The highest BCUT2D eigenvalue weighted by molar-refractivity contribution is 9.10. The molecular weight excluding hydrogens is 396 g/mol. The fourth-order valence-electron chi connectivity index (χ4n) is 2.04. The molecule has 0 saturated carbocycles. The molecule has 3 rings (SSSR count). The van der Waals surface area contributed by atoms with Gasteiger partial charge in [0.25, 0.3) is 0 Å². The second-order valence-electron chi connectivity index (χ2n) is 4.53. The van der Waals surface area contributed by atoms with Gasteiger partial charge < -0.3 is 17.0 Å². The van der Waals surface area contributed by atoms with Gasteiger partial charge in [0, 0.05) is 20.8 Å². The maximum Gasteiger partial charge on any atom is 0.236 e. The van der Waals surface area contributed by atoms with Crippen LogP contribution in [0.15, 0.2) is 65.4 Å². The molecule has 0 aliphatic rings. The molecule has 0 radical (unpaired) electrons. The van der Waals surface area contributed by atoms with Crippen molar-refractivity contribution in [2.45, 2.75) is 6.54 Å². The monoisotopic (exact) mass is 406 g/mol. The molecule has 3 aromatic rings. The zero-order valence-corrected chi connectivity index (χ0v) is 14.2. The number of benzene rings is 2. The Kier molecular flexibility index (Phi) is 5.20. The van der Waals surface area contributed by atoms with Crippen LogP contribution in [0, 0.1) is 0 Å². The Labute approximate surface area is 141 Å². The standard InChI is InChI=1S/C16H12BrN2O.BrH/c17-15-7-5-12(6-8-15)16(20)11-19-10-14-4-2-1-3-13(14)9-18-19;/h1-10H,11H2;1H/q+1;/p-1. The molecule has 1 heterocycles. The van der Waals surface area contributed by atoms with Crippen molar-refractivity contribution in [2.75, 3.05) is 0 Å². The predicted molar refractivity (Wildman–Crippen MR) is 80.4 cm³/mol. The summed E-state index contributed by atoms with van der Waals surface area (Å²) in [5.41, 5.74) is 0.690. The minimum Gasteiger partial charge on any atom is -1.00 e. The molecule has 0 unspecified atom stereocenters. The summed E-state index contributed by atoms with van der Waals surface area (Å²) >= 11 is 3.36. The molecule has 5 heteroatoms. The molecule has 3 nitrogen and oxygen atoms in total. The molecule has 0 amide bonds. The molecule has 106 valence electrons. The number of rotatable bonds is 3. The third-order valence-electron chi connectivity index (χ3n) is 3.10. The molecule has 0 fully saturated rings. The third-order valence-corrected chi connectivity index (χ3v) is 3.63. The van der Waals surface area contributed by atoms with Crippen LogP contribution in [0.1, 0.15) is 10.4 Å². The summed E-state index contributed by atoms with van der Waals surface area (Å²) in [6.45, 7) is 0.243. The van der Waals surface area contributed by atoms with Crippen LogP contribution in [0.2, 0.25) is 0 Å². The number of ketones is 1. The zero-order valence-electron chi connectivity index (χ0n) is 11.0. The molecular formula is C16H12Br2N2O. The molecule has 0 spiro atoms. The first-order valence-corrected chi connectivity index (χ1v) is 7.05. The van der Waals surface area contributed by atoms with Crippen LogP contribution >= 0.6 is 15.9 Å². The van der Waals surface area contributed by atoms with E-state index < -0.39 is 0 Å². The minimum atomic E-state index is 0. The zero-order chi connectivity index (χ0) is 13.9. The highest BCUT2D eigenvalue weighted by Gasteiger charge is 2.14. The van der Waals surface area contributed by atoms with Gasteiger partial charge in [0.15, 0.2) is 0 Å². The molecule has 21 heavy (non-hydrogen) atoms. The van der Waals surface area contributed by atoms with Gasteiger partial charge in [-0.3, -0.25) is 4.79 Å². The first-order valence-electron chi connectivity index (χ1n) is 6.26. The quantitative estimate of drug-likeness (QED) is 0.458. The van der Waals surface area contributed by atoms with Crippen LogP contribution in [0.3, 0.4) is 0 Å². The first-order chi connectivity index (χ1) is 9.72. The van der Waals surface area contributed by atoms with Crippen LogP contribution in [0.5, 0.6) is 0 Å². The number of carbonyl (C=O) groups excluding carboxylic acids is 1. The van der Waals surface area contributed by atoms with Gasteiger partial charge >= 0.3 is 0 Å². The van der Waals surface area contributed by atoms with Crippen LogP contribution in [0.25, 0.3) is 10.8 Å². The van der Waals surface area contributed by atoms with E-state index >= 15 is 0 Å². The van der Waals surface area contributed by atoms with Crippen LogP contribution in [-0.2, 0) is 6.54 Å². The van der Waals surface area contributed by atoms with Gasteiger partial charge in [0.05, 0.1) is 0 Å². The van der Waals surface area contributed by atoms with Gasteiger partial charge in [0.1, 0.15) is 6.20 Å². The summed E-state index contributed by atoms with van der Waals surface area (Å²) in [5.74, 6) is 0.0466. The lowest BCUT2D eigenvalue weighted by atomic mass is 10.1. The van der Waals surface area contributed by atoms with Gasteiger partial charge in [-0.05, 0) is 23.3 Å². The molecule has 1 aromatic heterocycles. The van der Waals surface area contributed by atoms with E-state index in [0.29, 0.717) is 5.56 Å². The van der Waals surface area contributed by atoms with E-state index in [4.69, 9.17) is 0 Å². The number of hydrogen-bond donors (Lipinski definition) is 0. The number of fused-ring (bicyclic) bond motifs is 1. The Morgan fingerprint density at radius 1 is 1.05 bits per heavy atom. The number of hydrogen-bond acceptors (Lipinski definition) is 2. The number of nitrogens with zero attached hydrogens (tertiary/aromatic N) is 2. The summed E-state index contributed by atoms with van der Waals surface area (Å²) in [6, 6.07) is 15.3. The van der Waals surface area contributed by atoms with E-state index in [1.807, 2.05) is 54.7 Å². The van der Waals surface area contributed by atoms with E-state index in [9.17, 15) is 4.79 Å². The second kappa shape index (κ2) is 6.91. The van der Waals surface area contributed by atoms with E-state index in [2.05, 4.69) is 21.0 Å². The van der Waals surface area contributed by atoms with E-state index in [1.54, 1.807) is 10.9 Å². The summed E-state index contributed by atoms with van der Waals surface area (Å²) in [5, 5.41) is 6.42. The molecule has 0 aliphatic heterocycles. The third kappa shape index (κ3) is 3.74. The van der Waals surface area contributed by atoms with E-state index in [1.165, 1.54) is 0 Å². The normalized spacial score (nSPS) is 10.1. The summed E-state index contributed by atoms with van der Waals surface area (Å²) in [4.78, 5) is 12.2. The van der Waals surface area contributed by atoms with Gasteiger partial charge in [-0.2, -0.15) is 0 Å². The van der Waals surface area contributed by atoms with Gasteiger partial charge in [-0.25, -0.2) is 0 Å². The molecule has 0 atom stereocenters. The molecule has 0 N–H and O–H groups in total. The Morgan fingerprint density at radius 3 is 2.43 bits per heavy atom. The second-order valence-corrected chi connectivity index (χ2v) is 5.45. The Hall–Kier alpha value is -1.59. The smallest absolute Gasteiger partial charge is 0.236 e. The molecule has 0 aliphatic carbocycles. The summed E-state index contributed by atoms with van der Waals surface area (Å²) in [6.07, 6.45) is 3.68. The van der Waals surface area contributed by atoms with Crippen LogP contribution in [0.4, 0.5) is 0 Å². The first kappa shape index (κ1) is 15.8. The highest BCUT2D eigenvalue weighted by atomic mass is 79.9. The number of carbonyl (C=O) groups is 1. The van der Waals surface area contributed by atoms with E-state index in [-0.39, 0.29) is 29.3 Å². The minimum absolute atomic E-state index is 0. The van der Waals surface area contributed by atoms with Gasteiger partial charge in [0.2, 0.25) is 18.5 Å². The lowest BCUT2D eigenvalue weighted by Crippen LogP contribution is -3.00. The SMILES string of the molecule is O=C(C[n+]1cc2ccccc2cn1)c1ccc(Br)cc1.[Br-]. The average molecular weight is 408 g/mol. The number of halogens is 2. The van der Waals surface area contributed by atoms with Crippen molar-refractivity contribution in [2.24, 2.45) is 0 Å². The van der Waals surface area contributed by atoms with Crippen molar-refractivity contribution in [1.82, 2.24) is 5.10 Å². The van der Waals surface area contributed by atoms with Crippen molar-refractivity contribution in [3.8, 4) is 0 Å². The maximum absolute atomic E-state index is 12.2. The molecule has 0 bridgehead atoms. The highest BCUT2D eigenvalue weighted by Crippen LogP contribution is 2.11. The lowest BCUT2D eigenvalue weighted by molar-refractivity contribution is -0.740. The molecule has 2 aromatic carbocycles. The number of Topliss-reactive ketones (excluding diaryl/α,β-unsaturated/α-hetero) is 1. The summed E-state index contributed by atoms with van der Waals surface area (Å²) in [7, 11) is 0. The van der Waals surface area contributed by atoms with Gasteiger partial charge in [-0.1, -0.05) is 50.9 Å². The lowest BCUT2D eigenvalue weighted by Gasteiger charge is -1.98. The van der Waals surface area contributed by atoms with Crippen LogP contribution < -0.4 is 21.7 Å². The maximum atomic E-state index is 12.2. The predicted octanol–water partition coefficient (Wildman–Crippen LogP) is 0.172. The number of aromatic nitrogens is 2. The Balaban J connectivity index is 0.00000161. The van der Waals surface area contributed by atoms with Crippen LogP contribution in [-0.4, -0.2) is 10.9 Å². The fourth-order valence-corrected chi connectivity index (χ4v) is 2.30. The largest absolute Gasteiger partial charge is 1.00 e. The Morgan fingerprint density at radius 2 is 1.71 bits per heavy atom. The van der Waals surface area contributed by atoms with Crippen molar-refractivity contribution in [3.05, 3.63) is 71.0 Å². The molecule has 0 saturated heterocycles. The van der Waals surface area contributed by atoms with Crippen molar-refractivity contribution in [3.63, 3.8) is 0 Å². The van der Waals surface area contributed by atoms with Crippen molar-refractivity contribution < 1.29 is 26.5 Å². The Bertz CT molecular complexity index is 773. The van der Waals surface area contributed by atoms with Crippen molar-refractivity contribution in [1.29, 1.82) is 0 Å². The van der Waals surface area contributed by atoms with Gasteiger partial charge in [-0.15, -0.1) is 0 Å². The summed E-state index contributed by atoms with van der Waals surface area (Å²) < 4.78 is 2.64. The fraction of sp³-hybridized carbons (Fsp3) is 0.0625. The van der Waals surface area contributed by atoms with Crippen molar-refractivity contribution >= 4 is 32.5 Å².